The summed E-state index contributed by atoms with van der Waals surface area (Å²) >= 11 is 1.60. The highest BCUT2D eigenvalue weighted by atomic mass is 32.1. The number of carbonyl (C=O) groups excluding carboxylic acids is 2. The van der Waals surface area contributed by atoms with Crippen LogP contribution in [0.3, 0.4) is 0 Å². The maximum atomic E-state index is 12.5. The Balaban J connectivity index is 1.38. The molecule has 7 nitrogen and oxygen atoms in total. The summed E-state index contributed by atoms with van der Waals surface area (Å²) in [5, 5.41) is 3.48. The molecule has 2 aromatic heterocycles. The summed E-state index contributed by atoms with van der Waals surface area (Å²) in [7, 11) is 0. The second-order valence-corrected chi connectivity index (χ2v) is 11.1. The van der Waals surface area contributed by atoms with E-state index in [2.05, 4.69) is 48.1 Å². The van der Waals surface area contributed by atoms with Gasteiger partial charge in [-0.3, -0.25) is 19.4 Å². The molecule has 3 unspecified atom stereocenters. The molecule has 0 spiro atoms. The number of likely N-dealkylation sites (tertiary alicyclic amines) is 1. The highest BCUT2D eigenvalue weighted by Gasteiger charge is 2.58. The predicted octanol–water partition coefficient (Wildman–Crippen LogP) is 3.27. The van der Waals surface area contributed by atoms with Crippen molar-refractivity contribution in [1.29, 1.82) is 0 Å². The van der Waals surface area contributed by atoms with Gasteiger partial charge in [-0.15, -0.1) is 11.3 Å². The van der Waals surface area contributed by atoms with Crippen molar-refractivity contribution in [1.82, 2.24) is 25.1 Å². The van der Waals surface area contributed by atoms with Gasteiger partial charge in [-0.25, -0.2) is 9.97 Å². The van der Waals surface area contributed by atoms with Crippen LogP contribution < -0.4 is 5.32 Å². The number of hydrogen-bond donors (Lipinski definition) is 1. The van der Waals surface area contributed by atoms with Gasteiger partial charge in [0, 0.05) is 42.7 Å². The average molecular weight is 476 g/mol. The third-order valence-corrected chi connectivity index (χ3v) is 8.62. The van der Waals surface area contributed by atoms with E-state index in [0.29, 0.717) is 12.6 Å². The summed E-state index contributed by atoms with van der Waals surface area (Å²) in [5.41, 5.74) is 6.75. The van der Waals surface area contributed by atoms with Gasteiger partial charge in [0.05, 0.1) is 34.3 Å². The third kappa shape index (κ3) is 3.65. The normalized spacial score (nSPS) is 24.8. The molecule has 0 bridgehead atoms. The molecular weight excluding hydrogens is 446 g/mol. The van der Waals surface area contributed by atoms with Gasteiger partial charge in [-0.2, -0.15) is 0 Å². The largest absolute Gasteiger partial charge is 0.314 e. The first-order chi connectivity index (χ1) is 16.4. The van der Waals surface area contributed by atoms with E-state index in [-0.39, 0.29) is 23.7 Å². The monoisotopic (exact) mass is 475 g/mol. The first-order valence-corrected chi connectivity index (χ1v) is 12.9. The van der Waals surface area contributed by atoms with E-state index >= 15 is 0 Å². The number of piperazine rings is 1. The Labute approximate surface area is 203 Å². The maximum absolute atomic E-state index is 12.5. The van der Waals surface area contributed by atoms with Gasteiger partial charge in [0.15, 0.2) is 0 Å². The van der Waals surface area contributed by atoms with E-state index in [1.165, 1.54) is 21.6 Å². The van der Waals surface area contributed by atoms with Crippen molar-refractivity contribution in [3.05, 3.63) is 46.1 Å². The van der Waals surface area contributed by atoms with Crippen LogP contribution in [0.5, 0.6) is 0 Å². The zero-order valence-corrected chi connectivity index (χ0v) is 20.6. The number of hydrogen-bond acceptors (Lipinski definition) is 7. The second kappa shape index (κ2) is 8.22. The Morgan fingerprint density at radius 1 is 1.09 bits per heavy atom. The number of amides is 2. The first-order valence-electron chi connectivity index (χ1n) is 12.0. The van der Waals surface area contributed by atoms with Crippen molar-refractivity contribution in [2.24, 2.45) is 11.8 Å². The van der Waals surface area contributed by atoms with Crippen molar-refractivity contribution in [2.75, 3.05) is 19.6 Å². The van der Waals surface area contributed by atoms with Crippen LogP contribution in [0.1, 0.15) is 34.9 Å². The number of aromatic nitrogens is 2. The fourth-order valence-corrected chi connectivity index (χ4v) is 6.58. The van der Waals surface area contributed by atoms with Gasteiger partial charge in [-0.05, 0) is 50.5 Å². The summed E-state index contributed by atoms with van der Waals surface area (Å²) in [6.07, 6.45) is 2.36. The highest BCUT2D eigenvalue weighted by molar-refractivity contribution is 7.19. The van der Waals surface area contributed by atoms with Gasteiger partial charge in [-0.1, -0.05) is 11.6 Å². The first kappa shape index (κ1) is 21.8. The minimum Gasteiger partial charge on any atom is -0.314 e. The van der Waals surface area contributed by atoms with Crippen molar-refractivity contribution in [3.8, 4) is 11.3 Å². The van der Waals surface area contributed by atoms with Crippen LogP contribution in [0.15, 0.2) is 24.5 Å². The minimum atomic E-state index is -0.0672. The quantitative estimate of drug-likeness (QED) is 0.571. The molecule has 3 aromatic rings. The smallest absolute Gasteiger partial charge is 0.233 e. The molecule has 6 rings (SSSR count). The number of fused-ring (bicyclic) bond motifs is 2. The van der Waals surface area contributed by atoms with Gasteiger partial charge < -0.3 is 5.32 Å². The summed E-state index contributed by atoms with van der Waals surface area (Å²) in [5.74, 6) is -0.161. The number of thiophene rings is 1. The number of benzene rings is 1. The molecule has 2 saturated heterocycles. The van der Waals surface area contributed by atoms with Gasteiger partial charge in [0.2, 0.25) is 11.8 Å². The third-order valence-electron chi connectivity index (χ3n) is 7.51. The number of rotatable bonds is 5. The van der Waals surface area contributed by atoms with Crippen LogP contribution in [-0.4, -0.2) is 57.3 Å². The van der Waals surface area contributed by atoms with Gasteiger partial charge in [0.1, 0.15) is 6.33 Å². The van der Waals surface area contributed by atoms with Gasteiger partial charge >= 0.3 is 0 Å². The van der Waals surface area contributed by atoms with Crippen LogP contribution in [0.25, 0.3) is 21.5 Å². The number of nitrogens with one attached hydrogen (secondary N) is 1. The highest BCUT2D eigenvalue weighted by Crippen LogP contribution is 2.48. The fourth-order valence-electron chi connectivity index (χ4n) is 5.47. The molecule has 4 heterocycles. The zero-order chi connectivity index (χ0) is 23.6. The van der Waals surface area contributed by atoms with Crippen LogP contribution in [0.2, 0.25) is 0 Å². The van der Waals surface area contributed by atoms with Crippen LogP contribution in [0, 0.1) is 25.7 Å². The van der Waals surface area contributed by atoms with Gasteiger partial charge in [0.25, 0.3) is 0 Å². The molecule has 3 atom stereocenters. The zero-order valence-electron chi connectivity index (χ0n) is 19.8. The van der Waals surface area contributed by atoms with E-state index in [1.807, 2.05) is 6.07 Å². The maximum Gasteiger partial charge on any atom is 0.233 e. The van der Waals surface area contributed by atoms with E-state index in [0.717, 1.165) is 59.0 Å². The molecule has 3 aliphatic rings. The predicted molar refractivity (Wildman–Crippen MR) is 132 cm³/mol. The number of aryl methyl sites for hydroxylation is 2. The fraction of sp³-hybridized carbons (Fsp3) is 0.462. The lowest BCUT2D eigenvalue weighted by Gasteiger charge is -2.34. The Morgan fingerprint density at radius 3 is 2.65 bits per heavy atom. The number of nitrogens with zero attached hydrogens (tertiary/aromatic N) is 4. The molecular formula is C26H29N5O2S. The average Bonchev–Trinajstić information content (AvgIpc) is 3.45. The van der Waals surface area contributed by atoms with E-state index < -0.39 is 0 Å². The summed E-state index contributed by atoms with van der Waals surface area (Å²) in [6, 6.07) is 6.97. The number of piperidine rings is 1. The summed E-state index contributed by atoms with van der Waals surface area (Å²) in [6.45, 7) is 10.8. The molecule has 1 aliphatic carbocycles. The van der Waals surface area contributed by atoms with Crippen molar-refractivity contribution < 1.29 is 9.59 Å². The SMILES string of the molecule is Cc1cc(C)c(CN2CCNCC2C)c(-c2ncnc3cc(CN4C(=O)C5CC5C4=O)sc23)c1. The van der Waals surface area contributed by atoms with Crippen LogP contribution >= 0.6 is 11.3 Å². The van der Waals surface area contributed by atoms with E-state index in [4.69, 9.17) is 4.98 Å². The standard InChI is InChI=1S/C26H29N5O2S/c1-14-6-15(2)21(12-30-5-4-27-10-16(30)3)18(7-14)23-24-22(28-13-29-23)8-17(34-24)11-31-25(32)19-9-20(19)26(31)33/h6-8,13,16,19-20,27H,4-5,9-12H2,1-3H3. The van der Waals surface area contributed by atoms with E-state index in [9.17, 15) is 9.59 Å². The topological polar surface area (TPSA) is 78.4 Å². The van der Waals surface area contributed by atoms with E-state index in [1.54, 1.807) is 17.7 Å². The number of imide groups is 1. The molecule has 1 aromatic carbocycles. The summed E-state index contributed by atoms with van der Waals surface area (Å²) < 4.78 is 1.02. The van der Waals surface area contributed by atoms with Crippen LogP contribution in [-0.2, 0) is 22.7 Å². The molecule has 1 N–H and O–H groups in total. The Morgan fingerprint density at radius 2 is 1.88 bits per heavy atom. The summed E-state index contributed by atoms with van der Waals surface area (Å²) in [4.78, 5) is 39.2. The number of carbonyl (C=O) groups is 2. The Hall–Kier alpha value is -2.68. The molecule has 3 fully saturated rings. The Bertz CT molecular complexity index is 1300. The van der Waals surface area contributed by atoms with Crippen molar-refractivity contribution in [3.63, 3.8) is 0 Å². The molecule has 176 valence electrons. The minimum absolute atomic E-state index is 0.0134. The molecule has 2 aliphatic heterocycles. The lowest BCUT2D eigenvalue weighted by Crippen LogP contribution is -2.49. The molecule has 1 saturated carbocycles. The molecule has 2 amide bonds. The molecule has 8 heteroatoms. The van der Waals surface area contributed by atoms with Crippen LogP contribution in [0.4, 0.5) is 0 Å². The van der Waals surface area contributed by atoms with Crippen molar-refractivity contribution >= 4 is 33.4 Å². The Kier molecular flexibility index (Phi) is 5.28. The molecule has 0 radical (unpaired) electrons. The second-order valence-electron chi connectivity index (χ2n) is 9.99. The van der Waals surface area contributed by atoms with Crippen molar-refractivity contribution in [2.45, 2.75) is 46.3 Å². The lowest BCUT2D eigenvalue weighted by atomic mass is 9.95. The lowest BCUT2D eigenvalue weighted by molar-refractivity contribution is -0.141. The molecule has 34 heavy (non-hydrogen) atoms.